The second-order valence-electron chi connectivity index (χ2n) is 11.0. The maximum absolute atomic E-state index is 12.6. The van der Waals surface area contributed by atoms with Gasteiger partial charge in [-0.1, -0.05) is 23.2 Å². The molecule has 9 fully saturated rings. The fourth-order valence-corrected chi connectivity index (χ4v) is 16.7. The van der Waals surface area contributed by atoms with Gasteiger partial charge in [-0.15, -0.1) is 0 Å². The lowest BCUT2D eigenvalue weighted by atomic mass is 9.39. The summed E-state index contributed by atoms with van der Waals surface area (Å²) in [5.74, 6) is 2.84. The average molecular weight is 336 g/mol. The fraction of sp³-hybridized carbons (Fsp3) is 0.810. The second kappa shape index (κ2) is 2.61. The molecular weight excluding hydrogens is 310 g/mol. The third kappa shape index (κ3) is 0.596. The molecule has 1 heterocycles. The zero-order valence-electron chi connectivity index (χ0n) is 15.0. The number of nitrogens with two attached hydrogens (primary N) is 1. The summed E-state index contributed by atoms with van der Waals surface area (Å²) in [6, 6.07) is 0. The number of hydrogen-bond donors (Lipinski definition) is 1. The van der Waals surface area contributed by atoms with Crippen LogP contribution < -0.4 is 5.73 Å². The monoisotopic (exact) mass is 335 g/mol. The number of carbonyl (C=O) groups is 1. The number of allylic oxidation sites excluding steroid dienone is 2. The molecule has 0 radical (unpaired) electrons. The molecule has 6 bridgehead atoms. The van der Waals surface area contributed by atoms with E-state index in [9.17, 15) is 4.79 Å². The molecule has 1 aliphatic heterocycles. The summed E-state index contributed by atoms with van der Waals surface area (Å²) in [5.41, 5.74) is 13.6. The van der Waals surface area contributed by atoms with Crippen molar-refractivity contribution in [2.75, 3.05) is 0 Å². The molecule has 124 valence electrons. The summed E-state index contributed by atoms with van der Waals surface area (Å²) in [4.78, 5) is 12.6. The SMILES string of the molecule is CC1=C(C)C(C)[Si](C2C3CC4(C(N)=O)CC25C2C46C4C6(C3)C245)=C1C. The second-order valence-corrected chi connectivity index (χ2v) is 14.1. The Morgan fingerprint density at radius 2 is 1.92 bits per heavy atom. The lowest BCUT2D eigenvalue weighted by molar-refractivity contribution is -0.183. The van der Waals surface area contributed by atoms with E-state index in [2.05, 4.69) is 27.7 Å². The summed E-state index contributed by atoms with van der Waals surface area (Å²) in [5, 5.41) is 1.78. The lowest BCUT2D eigenvalue weighted by Crippen LogP contribution is -2.65. The highest BCUT2D eigenvalue weighted by Gasteiger charge is 3.35. The van der Waals surface area contributed by atoms with Crippen LogP contribution in [0.1, 0.15) is 47.0 Å². The Labute approximate surface area is 144 Å². The van der Waals surface area contributed by atoms with E-state index in [1.54, 1.807) is 16.3 Å². The van der Waals surface area contributed by atoms with Gasteiger partial charge in [0, 0.05) is 8.41 Å². The molecule has 0 aromatic rings. The standard InChI is InChI=1S/C21H25NOSi/c1-8-9(2)11(4)24(10(8)3)13-12-5-17(16(22)23)7-18(13)14-20(17)15-19(20,6-12)21(14,15)18/h10,12-15H,5-7H2,1-4H3,(H2,22,23). The van der Waals surface area contributed by atoms with Gasteiger partial charge in [-0.25, -0.2) is 0 Å². The highest BCUT2D eigenvalue weighted by Crippen LogP contribution is 3.37. The van der Waals surface area contributed by atoms with E-state index in [0.29, 0.717) is 16.2 Å². The molecule has 9 saturated carbocycles. The molecule has 10 unspecified atom stereocenters. The topological polar surface area (TPSA) is 43.1 Å². The van der Waals surface area contributed by atoms with Gasteiger partial charge in [-0.3, -0.25) is 4.79 Å². The predicted octanol–water partition coefficient (Wildman–Crippen LogP) is 2.90. The number of amides is 1. The molecule has 0 aromatic carbocycles. The highest BCUT2D eigenvalue weighted by molar-refractivity contribution is 6.78. The molecule has 4 spiro atoms. The van der Waals surface area contributed by atoms with Crippen LogP contribution in [0.2, 0.25) is 11.1 Å². The van der Waals surface area contributed by atoms with E-state index < -0.39 is 8.41 Å². The normalized spacial score (nSPS) is 72.9. The molecule has 10 rings (SSSR count). The molecular formula is C21H25NOSi. The Hall–Kier alpha value is -0.703. The van der Waals surface area contributed by atoms with Crippen LogP contribution in [-0.2, 0) is 4.79 Å². The molecule has 1 amide bonds. The number of carbonyl (C=O) groups excluding carboxylic acids is 1. The van der Waals surface area contributed by atoms with Crippen molar-refractivity contribution in [2.45, 2.75) is 58.0 Å². The first-order valence-electron chi connectivity index (χ1n) is 10.0. The Kier molecular flexibility index (Phi) is 1.37. The minimum atomic E-state index is -0.498. The first-order valence-corrected chi connectivity index (χ1v) is 11.7. The van der Waals surface area contributed by atoms with Crippen molar-refractivity contribution in [2.24, 2.45) is 50.6 Å². The van der Waals surface area contributed by atoms with Crippen LogP contribution in [0.3, 0.4) is 0 Å². The van der Waals surface area contributed by atoms with Crippen molar-refractivity contribution in [3.8, 4) is 0 Å². The van der Waals surface area contributed by atoms with Crippen LogP contribution in [0.5, 0.6) is 0 Å². The van der Waals surface area contributed by atoms with Crippen molar-refractivity contribution in [3.63, 3.8) is 0 Å². The molecule has 0 saturated heterocycles. The summed E-state index contributed by atoms with van der Waals surface area (Å²) in [6.45, 7) is 9.74. The van der Waals surface area contributed by atoms with E-state index in [-0.39, 0.29) is 11.3 Å². The Morgan fingerprint density at radius 1 is 1.17 bits per heavy atom. The van der Waals surface area contributed by atoms with Crippen molar-refractivity contribution in [1.82, 2.24) is 0 Å². The molecule has 2 nitrogen and oxygen atoms in total. The van der Waals surface area contributed by atoms with Crippen LogP contribution in [0.25, 0.3) is 0 Å². The maximum atomic E-state index is 12.6. The Balaban J connectivity index is 1.37. The number of rotatable bonds is 2. The summed E-state index contributed by atoms with van der Waals surface area (Å²) < 4.78 is 0. The van der Waals surface area contributed by atoms with Crippen molar-refractivity contribution < 1.29 is 4.79 Å². The van der Waals surface area contributed by atoms with E-state index in [0.717, 1.165) is 34.3 Å². The minimum Gasteiger partial charge on any atom is -0.369 e. The van der Waals surface area contributed by atoms with Gasteiger partial charge in [0.05, 0.1) is 5.41 Å². The van der Waals surface area contributed by atoms with Crippen LogP contribution in [-0.4, -0.2) is 19.5 Å². The molecule has 24 heavy (non-hydrogen) atoms. The highest BCUT2D eigenvalue weighted by atomic mass is 28.2. The van der Waals surface area contributed by atoms with E-state index in [1.807, 2.05) is 0 Å². The van der Waals surface area contributed by atoms with Gasteiger partial charge in [0.25, 0.3) is 0 Å². The molecule has 10 aliphatic rings. The molecule has 10 atom stereocenters. The van der Waals surface area contributed by atoms with E-state index in [1.165, 1.54) is 19.3 Å². The molecule has 2 N–H and O–H groups in total. The first-order chi connectivity index (χ1) is 11.3. The largest absolute Gasteiger partial charge is 0.369 e. The van der Waals surface area contributed by atoms with Gasteiger partial charge < -0.3 is 5.73 Å². The number of primary amides is 1. The summed E-state index contributed by atoms with van der Waals surface area (Å²) in [7, 11) is -0.498. The van der Waals surface area contributed by atoms with Crippen LogP contribution in [0.15, 0.2) is 11.1 Å². The fourth-order valence-electron chi connectivity index (χ4n) is 12.0. The van der Waals surface area contributed by atoms with E-state index >= 15 is 0 Å². The van der Waals surface area contributed by atoms with Crippen molar-refractivity contribution >= 4 is 19.5 Å². The van der Waals surface area contributed by atoms with Gasteiger partial charge in [0.1, 0.15) is 0 Å². The molecule has 9 aliphatic carbocycles. The van der Waals surface area contributed by atoms with Crippen LogP contribution in [0, 0.1) is 44.8 Å². The third-order valence-electron chi connectivity index (χ3n) is 11.9. The third-order valence-corrected chi connectivity index (χ3v) is 16.2. The van der Waals surface area contributed by atoms with Crippen LogP contribution >= 0.6 is 0 Å². The molecule has 3 heteroatoms. The minimum absolute atomic E-state index is 0.0442. The number of hydrogen-bond acceptors (Lipinski definition) is 1. The van der Waals surface area contributed by atoms with Gasteiger partial charge in [-0.05, 0) is 90.5 Å². The van der Waals surface area contributed by atoms with Crippen molar-refractivity contribution in [1.29, 1.82) is 0 Å². The molecule has 0 aromatic heterocycles. The van der Waals surface area contributed by atoms with E-state index in [4.69, 9.17) is 5.73 Å². The Morgan fingerprint density at radius 3 is 2.54 bits per heavy atom. The summed E-state index contributed by atoms with van der Waals surface area (Å²) in [6.07, 6.45) is 3.87. The van der Waals surface area contributed by atoms with Crippen molar-refractivity contribution in [3.05, 3.63) is 11.1 Å². The lowest BCUT2D eigenvalue weighted by Gasteiger charge is -2.65. The van der Waals surface area contributed by atoms with Crippen LogP contribution in [0.4, 0.5) is 0 Å². The van der Waals surface area contributed by atoms with Gasteiger partial charge in [0.2, 0.25) is 5.91 Å². The van der Waals surface area contributed by atoms with Gasteiger partial charge >= 0.3 is 0 Å². The zero-order chi connectivity index (χ0) is 16.4. The van der Waals surface area contributed by atoms with Gasteiger partial charge in [0.15, 0.2) is 0 Å². The first kappa shape index (κ1) is 12.6. The average Bonchev–Trinajstić information content (AvgIpc) is 3.33. The zero-order valence-corrected chi connectivity index (χ0v) is 16.0. The predicted molar refractivity (Wildman–Crippen MR) is 93.7 cm³/mol. The maximum Gasteiger partial charge on any atom is 0.224 e. The van der Waals surface area contributed by atoms with Gasteiger partial charge in [-0.2, -0.15) is 0 Å². The smallest absolute Gasteiger partial charge is 0.224 e. The quantitative estimate of drug-likeness (QED) is 0.775. The Bertz CT molecular complexity index is 947. The summed E-state index contributed by atoms with van der Waals surface area (Å²) >= 11 is 0.